The van der Waals surface area contributed by atoms with E-state index in [0.29, 0.717) is 33.3 Å². The molecule has 3 atom stereocenters. The summed E-state index contributed by atoms with van der Waals surface area (Å²) in [4.78, 5) is 37.4. The van der Waals surface area contributed by atoms with E-state index >= 15 is 0 Å². The number of carbonyl (C=O) groups excluding carboxylic acids is 2. The van der Waals surface area contributed by atoms with Crippen molar-refractivity contribution in [1.82, 2.24) is 15.3 Å². The lowest BCUT2D eigenvalue weighted by molar-refractivity contribution is -0.138. The zero-order chi connectivity index (χ0) is 25.2. The molecule has 0 spiro atoms. The van der Waals surface area contributed by atoms with Crippen LogP contribution in [0.3, 0.4) is 0 Å². The number of hydrogen-bond acceptors (Lipinski definition) is 4. The van der Waals surface area contributed by atoms with Crippen LogP contribution in [0, 0.1) is 0 Å². The molecule has 194 valence electrons. The zero-order valence-electron chi connectivity index (χ0n) is 19.9. The van der Waals surface area contributed by atoms with Crippen molar-refractivity contribution in [2.75, 3.05) is 20.1 Å². The molecule has 0 aliphatic carbocycles. The van der Waals surface area contributed by atoms with E-state index in [4.69, 9.17) is 28.0 Å². The molecule has 6 nitrogen and oxygen atoms in total. The smallest absolute Gasteiger partial charge is 0.255 e. The van der Waals surface area contributed by atoms with Gasteiger partial charge in [0.05, 0.1) is 18.6 Å². The van der Waals surface area contributed by atoms with Gasteiger partial charge in [-0.2, -0.15) is 0 Å². The third-order valence-electron chi connectivity index (χ3n) is 6.95. The average Bonchev–Trinajstić information content (AvgIpc) is 3.30. The molecule has 2 aliphatic rings. The lowest BCUT2D eigenvalue weighted by atomic mass is 9.78. The predicted octanol–water partition coefficient (Wildman–Crippen LogP) is 5.86. The third kappa shape index (κ3) is 5.53. The molecule has 0 radical (unpaired) electrons. The predicted molar refractivity (Wildman–Crippen MR) is 147 cm³/mol. The highest BCUT2D eigenvalue weighted by Crippen LogP contribution is 2.47. The lowest BCUT2D eigenvalue weighted by Gasteiger charge is -2.45. The molecule has 3 aromatic carbocycles. The molecule has 5 rings (SSSR count). The van der Waals surface area contributed by atoms with Gasteiger partial charge in [0, 0.05) is 28.2 Å². The van der Waals surface area contributed by atoms with Gasteiger partial charge >= 0.3 is 0 Å². The number of benzene rings is 3. The molecule has 0 saturated carbocycles. The largest absolute Gasteiger partial charge is 0.326 e. The first-order valence-electron chi connectivity index (χ1n) is 11.9. The molecule has 0 unspecified atom stereocenters. The number of likely N-dealkylation sites (N-methyl/N-ethyl adjacent to an activating group) is 1. The van der Waals surface area contributed by atoms with Crippen LogP contribution in [0.4, 0.5) is 0 Å². The second-order valence-electron chi connectivity index (χ2n) is 9.33. The molecule has 0 aromatic heterocycles. The fourth-order valence-corrected chi connectivity index (χ4v) is 5.79. The molecule has 1 fully saturated rings. The number of amides is 2. The summed E-state index contributed by atoms with van der Waals surface area (Å²) in [5, 5.41) is 0.907. The minimum atomic E-state index is -0.723. The van der Waals surface area contributed by atoms with Gasteiger partial charge in [-0.05, 0) is 54.9 Å². The van der Waals surface area contributed by atoms with Crippen molar-refractivity contribution in [3.63, 3.8) is 0 Å². The van der Waals surface area contributed by atoms with Gasteiger partial charge in [-0.25, -0.2) is 5.48 Å². The quantitative estimate of drug-likeness (QED) is 0.398. The van der Waals surface area contributed by atoms with E-state index in [2.05, 4.69) is 10.4 Å². The van der Waals surface area contributed by atoms with Gasteiger partial charge in [-0.3, -0.25) is 14.4 Å². The number of likely N-dealkylation sites (tertiary alicyclic amines) is 1. The van der Waals surface area contributed by atoms with Crippen molar-refractivity contribution < 1.29 is 14.4 Å². The Labute approximate surface area is 228 Å². The highest BCUT2D eigenvalue weighted by atomic mass is 35.5. The van der Waals surface area contributed by atoms with E-state index in [1.807, 2.05) is 66.5 Å². The molecule has 2 amide bonds. The maximum Gasteiger partial charge on any atom is 0.255 e. The topological polar surface area (TPSA) is 61.9 Å². The Balaban J connectivity index is 0.00000320. The highest BCUT2D eigenvalue weighted by Gasteiger charge is 2.48. The Hall–Kier alpha value is -2.90. The average molecular weight is 540 g/mol. The fraction of sp³-hybridized carbons (Fsp3) is 0.310. The van der Waals surface area contributed by atoms with Gasteiger partial charge < -0.3 is 9.80 Å². The van der Waals surface area contributed by atoms with Gasteiger partial charge in [-0.1, -0.05) is 85.2 Å². The van der Waals surface area contributed by atoms with E-state index in [9.17, 15) is 9.59 Å². The number of fused-ring (bicyclic) bond motifs is 1. The Morgan fingerprint density at radius 3 is 2.46 bits per heavy atom. The minimum absolute atomic E-state index is 0. The van der Waals surface area contributed by atoms with Gasteiger partial charge in [0.15, 0.2) is 0 Å². The van der Waals surface area contributed by atoms with Crippen LogP contribution in [-0.4, -0.2) is 47.8 Å². The summed E-state index contributed by atoms with van der Waals surface area (Å²) in [7, 11) is 2.04. The SMILES string of the molecule is C.CN1CC[C@@H](N2C(=O)c3ccccc3[C@@H](C(=O)NOCc3ccccc3)[C@@H]2c2ccc(Cl)cc2Cl)C1. The summed E-state index contributed by atoms with van der Waals surface area (Å²) in [6.07, 6.45) is 0.810. The van der Waals surface area contributed by atoms with Crippen LogP contribution >= 0.6 is 23.2 Å². The van der Waals surface area contributed by atoms with Crippen LogP contribution < -0.4 is 5.48 Å². The Bertz CT molecular complexity index is 1270. The fourth-order valence-electron chi connectivity index (χ4n) is 5.27. The molecule has 0 bridgehead atoms. The van der Waals surface area contributed by atoms with E-state index < -0.39 is 12.0 Å². The molecular formula is C29H31Cl2N3O3. The first-order chi connectivity index (χ1) is 17.4. The molecule has 2 aliphatic heterocycles. The van der Waals surface area contributed by atoms with Crippen LogP contribution in [-0.2, 0) is 16.2 Å². The first kappa shape index (κ1) is 27.1. The van der Waals surface area contributed by atoms with Crippen LogP contribution in [0.2, 0.25) is 10.0 Å². The summed E-state index contributed by atoms with van der Waals surface area (Å²) in [6, 6.07) is 21.4. The van der Waals surface area contributed by atoms with Crippen LogP contribution in [0.15, 0.2) is 72.8 Å². The zero-order valence-corrected chi connectivity index (χ0v) is 21.4. The normalized spacial score (nSPS) is 21.3. The Morgan fingerprint density at radius 2 is 1.76 bits per heavy atom. The third-order valence-corrected chi connectivity index (χ3v) is 7.52. The number of nitrogens with zero attached hydrogens (tertiary/aromatic N) is 2. The van der Waals surface area contributed by atoms with E-state index in [1.165, 1.54) is 0 Å². The standard InChI is InChI=1S/C28H27Cl2N3O3.CH4/c1-32-14-13-20(16-32)33-26(23-12-11-19(29)15-24(23)30)25(21-9-5-6-10-22(21)28(33)35)27(34)31-36-17-18-7-3-2-4-8-18;/h2-12,15,20,25-26H,13-14,16-17H2,1H3,(H,31,34);1H4/t20-,25-,26+;/m1./s1. The van der Waals surface area contributed by atoms with Crippen molar-refractivity contribution in [2.45, 2.75) is 38.5 Å². The van der Waals surface area contributed by atoms with E-state index in [0.717, 1.165) is 18.5 Å². The number of hydrogen-bond donors (Lipinski definition) is 1. The van der Waals surface area contributed by atoms with Crippen LogP contribution in [0.5, 0.6) is 0 Å². The molecule has 8 heteroatoms. The summed E-state index contributed by atoms with van der Waals surface area (Å²) < 4.78 is 0. The summed E-state index contributed by atoms with van der Waals surface area (Å²) >= 11 is 12.9. The molecular weight excluding hydrogens is 509 g/mol. The van der Waals surface area contributed by atoms with Crippen molar-refractivity contribution in [1.29, 1.82) is 0 Å². The van der Waals surface area contributed by atoms with Crippen molar-refractivity contribution >= 4 is 35.0 Å². The number of nitrogens with one attached hydrogen (secondary N) is 1. The van der Waals surface area contributed by atoms with Gasteiger partial charge in [0.25, 0.3) is 11.8 Å². The maximum atomic E-state index is 13.9. The second kappa shape index (κ2) is 11.7. The van der Waals surface area contributed by atoms with Crippen LogP contribution in [0.25, 0.3) is 0 Å². The molecule has 1 saturated heterocycles. The van der Waals surface area contributed by atoms with E-state index in [-0.39, 0.29) is 31.9 Å². The molecule has 1 N–H and O–H groups in total. The summed E-state index contributed by atoms with van der Waals surface area (Å²) in [6.45, 7) is 1.81. The van der Waals surface area contributed by atoms with Crippen molar-refractivity contribution in [3.8, 4) is 0 Å². The monoisotopic (exact) mass is 539 g/mol. The summed E-state index contributed by atoms with van der Waals surface area (Å²) in [5.41, 5.74) is 5.45. The number of rotatable bonds is 6. The maximum absolute atomic E-state index is 13.9. The van der Waals surface area contributed by atoms with E-state index in [1.54, 1.807) is 18.2 Å². The molecule has 3 aromatic rings. The lowest BCUT2D eigenvalue weighted by Crippen LogP contribution is -2.52. The number of hydroxylamine groups is 1. The van der Waals surface area contributed by atoms with Gasteiger partial charge in [-0.15, -0.1) is 0 Å². The minimum Gasteiger partial charge on any atom is -0.326 e. The summed E-state index contributed by atoms with van der Waals surface area (Å²) in [5.74, 6) is -1.16. The van der Waals surface area contributed by atoms with Gasteiger partial charge in [0.1, 0.15) is 0 Å². The Morgan fingerprint density at radius 1 is 1.03 bits per heavy atom. The first-order valence-corrected chi connectivity index (χ1v) is 12.7. The van der Waals surface area contributed by atoms with Crippen molar-refractivity contribution in [3.05, 3.63) is 105 Å². The molecule has 37 heavy (non-hydrogen) atoms. The highest BCUT2D eigenvalue weighted by molar-refractivity contribution is 6.35. The second-order valence-corrected chi connectivity index (χ2v) is 10.2. The van der Waals surface area contributed by atoms with Crippen molar-refractivity contribution in [2.24, 2.45) is 0 Å². The number of halogens is 2. The number of carbonyl (C=O) groups is 2. The van der Waals surface area contributed by atoms with Crippen LogP contribution in [0.1, 0.15) is 52.9 Å². The Kier molecular flexibility index (Phi) is 8.55. The molecule has 2 heterocycles. The van der Waals surface area contributed by atoms with Gasteiger partial charge in [0.2, 0.25) is 0 Å².